The van der Waals surface area contributed by atoms with E-state index in [9.17, 15) is 13.2 Å². The maximum absolute atomic E-state index is 12.8. The van der Waals surface area contributed by atoms with E-state index < -0.39 is 16.1 Å². The first-order valence-electron chi connectivity index (χ1n) is 7.72. The first kappa shape index (κ1) is 17.0. The monoisotopic (exact) mass is 366 g/mol. The van der Waals surface area contributed by atoms with Crippen molar-refractivity contribution in [1.29, 1.82) is 0 Å². The van der Waals surface area contributed by atoms with Crippen LogP contribution in [0, 0.1) is 0 Å². The van der Waals surface area contributed by atoms with Gasteiger partial charge >= 0.3 is 0 Å². The van der Waals surface area contributed by atoms with Crippen LogP contribution in [0.5, 0.6) is 0 Å². The summed E-state index contributed by atoms with van der Waals surface area (Å²) in [5.41, 5.74) is 0. The maximum atomic E-state index is 12.8. The summed E-state index contributed by atoms with van der Waals surface area (Å²) in [6.45, 7) is 2.29. The van der Waals surface area contributed by atoms with E-state index in [1.807, 2.05) is 6.92 Å². The molecule has 7 nitrogen and oxygen atoms in total. The Labute approximate surface area is 144 Å². The summed E-state index contributed by atoms with van der Waals surface area (Å²) in [5, 5.41) is 11.8. The molecular formula is C15H18N4O3S2. The third kappa shape index (κ3) is 3.33. The van der Waals surface area contributed by atoms with Gasteiger partial charge in [-0.05, 0) is 31.4 Å². The van der Waals surface area contributed by atoms with Crippen LogP contribution in [-0.2, 0) is 21.2 Å². The lowest BCUT2D eigenvalue weighted by molar-refractivity contribution is -0.119. The van der Waals surface area contributed by atoms with Crippen molar-refractivity contribution in [3.05, 3.63) is 35.3 Å². The zero-order chi connectivity index (χ0) is 17.2. The molecular weight excluding hydrogens is 348 g/mol. The van der Waals surface area contributed by atoms with E-state index >= 15 is 0 Å². The predicted molar refractivity (Wildman–Crippen MR) is 91.3 cm³/mol. The molecule has 0 aliphatic carbocycles. The van der Waals surface area contributed by atoms with Gasteiger partial charge in [-0.15, -0.1) is 10.2 Å². The Hall–Kier alpha value is -1.84. The fourth-order valence-corrected chi connectivity index (χ4v) is 5.01. The minimum Gasteiger partial charge on any atom is -0.299 e. The smallest absolute Gasteiger partial charge is 0.244 e. The van der Waals surface area contributed by atoms with Gasteiger partial charge in [-0.25, -0.2) is 8.42 Å². The van der Waals surface area contributed by atoms with Crippen LogP contribution in [0.2, 0.25) is 0 Å². The summed E-state index contributed by atoms with van der Waals surface area (Å²) in [6, 6.07) is 7.47. The van der Waals surface area contributed by atoms with Crippen LogP contribution in [-0.4, -0.2) is 41.4 Å². The van der Waals surface area contributed by atoms with Crippen molar-refractivity contribution in [2.24, 2.45) is 0 Å². The van der Waals surface area contributed by atoms with Gasteiger partial charge in [-0.3, -0.25) is 10.1 Å². The Bertz CT molecular complexity index is 820. The van der Waals surface area contributed by atoms with Crippen LogP contribution >= 0.6 is 11.3 Å². The van der Waals surface area contributed by atoms with Crippen molar-refractivity contribution in [3.63, 3.8) is 0 Å². The molecule has 0 unspecified atom stereocenters. The van der Waals surface area contributed by atoms with Gasteiger partial charge in [0, 0.05) is 6.54 Å². The number of nitrogens with one attached hydrogen (secondary N) is 1. The summed E-state index contributed by atoms with van der Waals surface area (Å²) >= 11 is 1.30. The molecule has 128 valence electrons. The molecule has 1 saturated heterocycles. The zero-order valence-corrected chi connectivity index (χ0v) is 14.8. The number of rotatable bonds is 5. The first-order chi connectivity index (χ1) is 11.5. The van der Waals surface area contributed by atoms with E-state index in [1.165, 1.54) is 15.6 Å². The molecule has 3 rings (SSSR count). The molecule has 1 aliphatic rings. The lowest BCUT2D eigenvalue weighted by Gasteiger charge is -2.22. The second-order valence-corrected chi connectivity index (χ2v) is 8.38. The van der Waals surface area contributed by atoms with E-state index in [0.29, 0.717) is 24.5 Å². The highest BCUT2D eigenvalue weighted by molar-refractivity contribution is 7.89. The second kappa shape index (κ2) is 6.96. The van der Waals surface area contributed by atoms with Crippen LogP contribution in [0.25, 0.3) is 0 Å². The molecule has 1 aromatic heterocycles. The number of carbonyl (C=O) groups excluding carboxylic acids is 1. The molecule has 0 saturated carbocycles. The SMILES string of the molecule is CCc1nnc(NC(=O)[C@H]2CCCN2S(=O)(=O)c2ccccc2)s1. The molecule has 2 aromatic rings. The van der Waals surface area contributed by atoms with E-state index in [2.05, 4.69) is 15.5 Å². The summed E-state index contributed by atoms with van der Waals surface area (Å²) in [7, 11) is -3.68. The molecule has 24 heavy (non-hydrogen) atoms. The highest BCUT2D eigenvalue weighted by Gasteiger charge is 2.39. The fourth-order valence-electron chi connectivity index (χ4n) is 2.65. The number of hydrogen-bond acceptors (Lipinski definition) is 6. The van der Waals surface area contributed by atoms with Crippen LogP contribution < -0.4 is 5.32 Å². The number of aryl methyl sites for hydroxylation is 1. The van der Waals surface area contributed by atoms with Crippen molar-refractivity contribution in [3.8, 4) is 0 Å². The molecule has 0 radical (unpaired) electrons. The molecule has 9 heteroatoms. The summed E-state index contributed by atoms with van der Waals surface area (Å²) in [4.78, 5) is 12.7. The van der Waals surface area contributed by atoms with Gasteiger partial charge in [0.1, 0.15) is 11.0 Å². The third-order valence-corrected chi connectivity index (χ3v) is 6.76. The largest absolute Gasteiger partial charge is 0.299 e. The number of nitrogens with zero attached hydrogens (tertiary/aromatic N) is 3. The number of hydrogen-bond donors (Lipinski definition) is 1. The van der Waals surface area contributed by atoms with E-state index in [4.69, 9.17) is 0 Å². The van der Waals surface area contributed by atoms with Crippen molar-refractivity contribution in [2.45, 2.75) is 37.1 Å². The average molecular weight is 366 g/mol. The normalized spacial score (nSPS) is 18.6. The van der Waals surface area contributed by atoms with Gasteiger partial charge in [0.25, 0.3) is 0 Å². The predicted octanol–water partition coefficient (Wildman–Crippen LogP) is 1.89. The Morgan fingerprint density at radius 1 is 1.33 bits per heavy atom. The molecule has 1 atom stereocenters. The zero-order valence-electron chi connectivity index (χ0n) is 13.2. The molecule has 1 amide bonds. The number of amides is 1. The van der Waals surface area contributed by atoms with Gasteiger partial charge < -0.3 is 0 Å². The number of aromatic nitrogens is 2. The number of sulfonamides is 1. The minimum absolute atomic E-state index is 0.203. The minimum atomic E-state index is -3.68. The Kier molecular flexibility index (Phi) is 4.93. The van der Waals surface area contributed by atoms with Crippen LogP contribution in [0.15, 0.2) is 35.2 Å². The van der Waals surface area contributed by atoms with Gasteiger partial charge in [0.2, 0.25) is 21.1 Å². The summed E-state index contributed by atoms with van der Waals surface area (Å²) < 4.78 is 26.8. The molecule has 2 heterocycles. The lowest BCUT2D eigenvalue weighted by atomic mass is 10.2. The van der Waals surface area contributed by atoms with Crippen molar-refractivity contribution < 1.29 is 13.2 Å². The summed E-state index contributed by atoms with van der Waals surface area (Å²) in [5.74, 6) is -0.356. The quantitative estimate of drug-likeness (QED) is 0.872. The summed E-state index contributed by atoms with van der Waals surface area (Å²) in [6.07, 6.45) is 1.89. The Morgan fingerprint density at radius 2 is 2.08 bits per heavy atom. The molecule has 0 bridgehead atoms. The van der Waals surface area contributed by atoms with Gasteiger partial charge in [0.15, 0.2) is 0 Å². The molecule has 1 fully saturated rings. The third-order valence-electron chi connectivity index (χ3n) is 3.86. The van der Waals surface area contributed by atoms with Gasteiger partial charge in [0.05, 0.1) is 4.90 Å². The average Bonchev–Trinajstić information content (AvgIpc) is 3.25. The molecule has 1 aromatic carbocycles. The highest BCUT2D eigenvalue weighted by Crippen LogP contribution is 2.27. The van der Waals surface area contributed by atoms with Crippen molar-refractivity contribution in [2.75, 3.05) is 11.9 Å². The fraction of sp³-hybridized carbons (Fsp3) is 0.400. The topological polar surface area (TPSA) is 92.3 Å². The Balaban J connectivity index is 1.79. The number of carbonyl (C=O) groups is 1. The van der Waals surface area contributed by atoms with E-state index in [1.54, 1.807) is 30.3 Å². The van der Waals surface area contributed by atoms with Crippen molar-refractivity contribution in [1.82, 2.24) is 14.5 Å². The second-order valence-electron chi connectivity index (χ2n) is 5.43. The lowest BCUT2D eigenvalue weighted by Crippen LogP contribution is -2.43. The number of anilines is 1. The number of benzene rings is 1. The van der Waals surface area contributed by atoms with E-state index in [-0.39, 0.29) is 10.8 Å². The standard InChI is InChI=1S/C15H18N4O3S2/c1-2-13-17-18-15(23-13)16-14(20)12-9-6-10-19(12)24(21,22)11-7-4-3-5-8-11/h3-5,7-8,12H,2,6,9-10H2,1H3,(H,16,18,20)/t12-/m1/s1. The van der Waals surface area contributed by atoms with Crippen molar-refractivity contribution >= 4 is 32.4 Å². The van der Waals surface area contributed by atoms with Crippen LogP contribution in [0.4, 0.5) is 5.13 Å². The van der Waals surface area contributed by atoms with Crippen LogP contribution in [0.1, 0.15) is 24.8 Å². The van der Waals surface area contributed by atoms with Gasteiger partial charge in [-0.1, -0.05) is 36.5 Å². The van der Waals surface area contributed by atoms with Crippen LogP contribution in [0.3, 0.4) is 0 Å². The highest BCUT2D eigenvalue weighted by atomic mass is 32.2. The molecule has 0 spiro atoms. The molecule has 1 aliphatic heterocycles. The van der Waals surface area contributed by atoms with E-state index in [0.717, 1.165) is 11.4 Å². The Morgan fingerprint density at radius 3 is 2.75 bits per heavy atom. The van der Waals surface area contributed by atoms with Gasteiger partial charge in [-0.2, -0.15) is 4.31 Å². The maximum Gasteiger partial charge on any atom is 0.244 e. The molecule has 1 N–H and O–H groups in total. The first-order valence-corrected chi connectivity index (χ1v) is 9.98.